The summed E-state index contributed by atoms with van der Waals surface area (Å²) in [6.07, 6.45) is 4.08. The molecule has 0 atom stereocenters. The van der Waals surface area contributed by atoms with Gasteiger partial charge < -0.3 is 4.74 Å². The van der Waals surface area contributed by atoms with Crippen LogP contribution in [0.3, 0.4) is 0 Å². The summed E-state index contributed by atoms with van der Waals surface area (Å²) in [6, 6.07) is 13.7. The zero-order valence-electron chi connectivity index (χ0n) is 15.7. The Bertz CT molecular complexity index is 1030. The molecule has 0 fully saturated rings. The summed E-state index contributed by atoms with van der Waals surface area (Å²) in [7, 11) is 0. The maximum Gasteiger partial charge on any atom is 0.270 e. The van der Waals surface area contributed by atoms with Crippen molar-refractivity contribution in [2.45, 2.75) is 13.3 Å². The Morgan fingerprint density at radius 1 is 1.28 bits per heavy atom. The summed E-state index contributed by atoms with van der Waals surface area (Å²) >= 11 is 1.25. The van der Waals surface area contributed by atoms with Gasteiger partial charge in [-0.05, 0) is 30.2 Å². The number of ether oxygens (including phenoxy) is 1. The van der Waals surface area contributed by atoms with Gasteiger partial charge in [-0.1, -0.05) is 31.2 Å². The minimum Gasteiger partial charge on any atom is -0.494 e. The van der Waals surface area contributed by atoms with E-state index in [1.807, 2.05) is 31.2 Å². The number of nitrogens with one attached hydrogen (secondary N) is 1. The minimum absolute atomic E-state index is 0.00451. The predicted octanol–water partition coefficient (Wildman–Crippen LogP) is 5.16. The largest absolute Gasteiger partial charge is 0.494 e. The Kier molecular flexibility index (Phi) is 6.70. The van der Waals surface area contributed by atoms with Gasteiger partial charge >= 0.3 is 0 Å². The number of nitrogens with zero attached hydrogens (tertiary/aromatic N) is 2. The van der Waals surface area contributed by atoms with E-state index in [0.29, 0.717) is 23.0 Å². The highest BCUT2D eigenvalue weighted by Crippen LogP contribution is 2.27. The second kappa shape index (κ2) is 9.61. The van der Waals surface area contributed by atoms with Crippen LogP contribution in [-0.4, -0.2) is 22.4 Å². The van der Waals surface area contributed by atoms with E-state index in [4.69, 9.17) is 4.74 Å². The van der Waals surface area contributed by atoms with E-state index in [2.05, 4.69) is 10.3 Å². The molecule has 1 heterocycles. The van der Waals surface area contributed by atoms with Gasteiger partial charge in [0.25, 0.3) is 5.69 Å². The monoisotopic (exact) mass is 409 g/mol. The van der Waals surface area contributed by atoms with Crippen LogP contribution >= 0.6 is 11.3 Å². The second-order valence-corrected chi connectivity index (χ2v) is 6.94. The van der Waals surface area contributed by atoms with Gasteiger partial charge in [0.1, 0.15) is 5.75 Å². The van der Waals surface area contributed by atoms with Crippen molar-refractivity contribution in [3.63, 3.8) is 0 Å². The molecule has 148 valence electrons. The molecule has 0 bridgehead atoms. The molecule has 2 aromatic carbocycles. The molecule has 1 N–H and O–H groups in total. The van der Waals surface area contributed by atoms with Crippen molar-refractivity contribution in [2.24, 2.45) is 0 Å². The lowest BCUT2D eigenvalue weighted by molar-refractivity contribution is -0.384. The maximum absolute atomic E-state index is 12.1. The molecule has 3 rings (SSSR count). The molecule has 7 nitrogen and oxygen atoms in total. The molecule has 0 unspecified atom stereocenters. The molecular formula is C21H19N3O4S. The summed E-state index contributed by atoms with van der Waals surface area (Å²) in [5.41, 5.74) is 2.06. The quantitative estimate of drug-likeness (QED) is 0.315. The van der Waals surface area contributed by atoms with Crippen LogP contribution in [0, 0.1) is 10.1 Å². The van der Waals surface area contributed by atoms with Gasteiger partial charge in [0.2, 0.25) is 5.91 Å². The fraction of sp³-hybridized carbons (Fsp3) is 0.143. The Morgan fingerprint density at radius 3 is 2.79 bits per heavy atom. The lowest BCUT2D eigenvalue weighted by atomic mass is 10.1. The van der Waals surface area contributed by atoms with Crippen molar-refractivity contribution in [3.8, 4) is 17.0 Å². The molecule has 8 heteroatoms. The summed E-state index contributed by atoms with van der Waals surface area (Å²) in [6.45, 7) is 2.72. The van der Waals surface area contributed by atoms with Crippen molar-refractivity contribution in [1.29, 1.82) is 0 Å². The van der Waals surface area contributed by atoms with Gasteiger partial charge in [0.15, 0.2) is 5.13 Å². The predicted molar refractivity (Wildman–Crippen MR) is 114 cm³/mol. The topological polar surface area (TPSA) is 94.4 Å². The average molecular weight is 409 g/mol. The molecule has 0 spiro atoms. The highest BCUT2D eigenvalue weighted by atomic mass is 32.1. The van der Waals surface area contributed by atoms with Crippen LogP contribution in [0.15, 0.2) is 60.0 Å². The Balaban J connectivity index is 1.61. The van der Waals surface area contributed by atoms with Crippen molar-refractivity contribution < 1.29 is 14.5 Å². The van der Waals surface area contributed by atoms with Crippen LogP contribution in [0.5, 0.6) is 5.75 Å². The molecule has 0 saturated heterocycles. The van der Waals surface area contributed by atoms with Crippen LogP contribution < -0.4 is 10.1 Å². The van der Waals surface area contributed by atoms with Gasteiger partial charge in [0, 0.05) is 29.2 Å². The number of rotatable bonds is 8. The van der Waals surface area contributed by atoms with Gasteiger partial charge in [0.05, 0.1) is 17.2 Å². The van der Waals surface area contributed by atoms with E-state index in [9.17, 15) is 14.9 Å². The zero-order valence-corrected chi connectivity index (χ0v) is 16.5. The standard InChI is InChI=1S/C21H19N3O4S/c1-2-12-28-18-9-6-15(7-10-18)8-11-20(25)23-21-22-19(14-29-21)16-4-3-5-17(13-16)24(26)27/h3-11,13-14H,2,12H2,1H3,(H,22,23,25)/b11-8+. The number of nitro benzene ring substituents is 1. The normalized spacial score (nSPS) is 10.8. The number of thiazole rings is 1. The number of nitro groups is 1. The van der Waals surface area contributed by atoms with E-state index in [1.54, 1.807) is 23.6 Å². The average Bonchev–Trinajstić information content (AvgIpc) is 3.20. The fourth-order valence-corrected chi connectivity index (χ4v) is 3.18. The SMILES string of the molecule is CCCOc1ccc(/C=C/C(=O)Nc2nc(-c3cccc([N+](=O)[O-])c3)cs2)cc1. The first-order valence-corrected chi connectivity index (χ1v) is 9.85. The van der Waals surface area contributed by atoms with E-state index in [1.165, 1.54) is 29.5 Å². The van der Waals surface area contributed by atoms with Crippen LogP contribution in [-0.2, 0) is 4.79 Å². The molecule has 0 saturated carbocycles. The number of benzene rings is 2. The molecule has 0 aliphatic rings. The zero-order chi connectivity index (χ0) is 20.6. The first-order valence-electron chi connectivity index (χ1n) is 8.97. The number of carbonyl (C=O) groups is 1. The molecule has 0 radical (unpaired) electrons. The van der Waals surface area contributed by atoms with E-state index >= 15 is 0 Å². The Hall–Kier alpha value is -3.52. The number of non-ortho nitro benzene ring substituents is 1. The lowest BCUT2D eigenvalue weighted by Gasteiger charge is -2.04. The smallest absolute Gasteiger partial charge is 0.270 e. The summed E-state index contributed by atoms with van der Waals surface area (Å²) in [5.74, 6) is 0.487. The Labute approximate surface area is 171 Å². The Morgan fingerprint density at radius 2 is 2.07 bits per heavy atom. The summed E-state index contributed by atoms with van der Waals surface area (Å²) in [5, 5.41) is 15.8. The van der Waals surface area contributed by atoms with Crippen LogP contribution in [0.1, 0.15) is 18.9 Å². The van der Waals surface area contributed by atoms with E-state index < -0.39 is 4.92 Å². The van der Waals surface area contributed by atoms with Gasteiger partial charge in [-0.25, -0.2) is 4.98 Å². The van der Waals surface area contributed by atoms with E-state index in [0.717, 1.165) is 17.7 Å². The van der Waals surface area contributed by atoms with Gasteiger partial charge in [-0.3, -0.25) is 20.2 Å². The van der Waals surface area contributed by atoms with Crippen molar-refractivity contribution in [2.75, 3.05) is 11.9 Å². The van der Waals surface area contributed by atoms with Gasteiger partial charge in [-0.2, -0.15) is 0 Å². The molecule has 29 heavy (non-hydrogen) atoms. The number of carbonyl (C=O) groups excluding carboxylic acids is 1. The third-order valence-corrected chi connectivity index (χ3v) is 4.62. The number of amides is 1. The first-order chi connectivity index (χ1) is 14.0. The maximum atomic E-state index is 12.1. The van der Waals surface area contributed by atoms with Crippen LogP contribution in [0.25, 0.3) is 17.3 Å². The van der Waals surface area contributed by atoms with E-state index in [-0.39, 0.29) is 11.6 Å². The second-order valence-electron chi connectivity index (χ2n) is 6.09. The van der Waals surface area contributed by atoms with Crippen molar-refractivity contribution >= 4 is 34.1 Å². The molecular weight excluding hydrogens is 390 g/mol. The fourth-order valence-electron chi connectivity index (χ4n) is 2.46. The number of hydrogen-bond donors (Lipinski definition) is 1. The van der Waals surface area contributed by atoms with Gasteiger partial charge in [-0.15, -0.1) is 11.3 Å². The number of aromatic nitrogens is 1. The molecule has 3 aromatic rings. The third-order valence-electron chi connectivity index (χ3n) is 3.87. The summed E-state index contributed by atoms with van der Waals surface area (Å²) in [4.78, 5) is 26.9. The van der Waals surface area contributed by atoms with Crippen LogP contribution in [0.4, 0.5) is 10.8 Å². The first kappa shape index (κ1) is 20.2. The molecule has 1 aromatic heterocycles. The lowest BCUT2D eigenvalue weighted by Crippen LogP contribution is -2.07. The minimum atomic E-state index is -0.453. The highest BCUT2D eigenvalue weighted by Gasteiger charge is 2.10. The molecule has 0 aliphatic heterocycles. The number of hydrogen-bond acceptors (Lipinski definition) is 6. The molecule has 0 aliphatic carbocycles. The highest BCUT2D eigenvalue weighted by molar-refractivity contribution is 7.14. The summed E-state index contributed by atoms with van der Waals surface area (Å²) < 4.78 is 5.53. The number of anilines is 1. The molecule has 1 amide bonds. The van der Waals surface area contributed by atoms with Crippen molar-refractivity contribution in [3.05, 3.63) is 75.7 Å². The van der Waals surface area contributed by atoms with Crippen molar-refractivity contribution in [1.82, 2.24) is 4.98 Å². The van der Waals surface area contributed by atoms with Crippen LogP contribution in [0.2, 0.25) is 0 Å². The third kappa shape index (κ3) is 5.73.